The quantitative estimate of drug-likeness (QED) is 0.379. The summed E-state index contributed by atoms with van der Waals surface area (Å²) in [6.45, 7) is 3.78. The Morgan fingerprint density at radius 1 is 1.33 bits per heavy atom. The Balaban J connectivity index is 2.14. The van der Waals surface area contributed by atoms with Gasteiger partial charge in [-0.2, -0.15) is 0 Å². The maximum Gasteiger partial charge on any atom is 0.170 e. The Morgan fingerprint density at radius 2 is 2.05 bits per heavy atom. The highest BCUT2D eigenvalue weighted by atomic mass is 19.1. The number of amidine groups is 1. The average Bonchev–Trinajstić information content (AvgIpc) is 2.52. The van der Waals surface area contributed by atoms with Crippen molar-refractivity contribution >= 4 is 5.84 Å². The summed E-state index contributed by atoms with van der Waals surface area (Å²) in [7, 11) is 0. The minimum absolute atomic E-state index is 0.0588. The molecule has 0 aromatic heterocycles. The molecule has 0 atom stereocenters. The number of rotatable bonds is 5. The van der Waals surface area contributed by atoms with Gasteiger partial charge in [-0.25, -0.2) is 4.39 Å². The van der Waals surface area contributed by atoms with Crippen molar-refractivity contribution in [2.45, 2.75) is 51.6 Å². The van der Waals surface area contributed by atoms with Crippen LogP contribution in [0.1, 0.15) is 50.2 Å². The van der Waals surface area contributed by atoms with Gasteiger partial charge < -0.3 is 10.9 Å². The molecule has 4 nitrogen and oxygen atoms in total. The fraction of sp³-hybridized carbons (Fsp3) is 0.562. The number of halogens is 1. The van der Waals surface area contributed by atoms with Crippen LogP contribution in [0.3, 0.4) is 0 Å². The van der Waals surface area contributed by atoms with E-state index in [1.165, 1.54) is 44.2 Å². The highest BCUT2D eigenvalue weighted by Crippen LogP contribution is 2.24. The minimum atomic E-state index is -0.353. The Morgan fingerprint density at radius 3 is 2.67 bits per heavy atom. The second-order valence-corrected chi connectivity index (χ2v) is 5.69. The molecule has 0 amide bonds. The summed E-state index contributed by atoms with van der Waals surface area (Å²) in [4.78, 5) is 2.39. The van der Waals surface area contributed by atoms with Gasteiger partial charge in [-0.05, 0) is 43.1 Å². The highest BCUT2D eigenvalue weighted by Gasteiger charge is 2.20. The minimum Gasteiger partial charge on any atom is -0.409 e. The van der Waals surface area contributed by atoms with Crippen molar-refractivity contribution < 1.29 is 9.60 Å². The van der Waals surface area contributed by atoms with E-state index in [0.29, 0.717) is 18.2 Å². The molecule has 2 rings (SSSR count). The summed E-state index contributed by atoms with van der Waals surface area (Å²) in [5.41, 5.74) is 6.85. The largest absolute Gasteiger partial charge is 0.409 e. The van der Waals surface area contributed by atoms with E-state index in [9.17, 15) is 4.39 Å². The zero-order chi connectivity index (χ0) is 15.2. The van der Waals surface area contributed by atoms with Crippen LogP contribution in [-0.2, 0) is 6.54 Å². The molecule has 0 aliphatic heterocycles. The van der Waals surface area contributed by atoms with Gasteiger partial charge in [0.05, 0.1) is 0 Å². The predicted octanol–water partition coefficient (Wildman–Crippen LogP) is 3.07. The van der Waals surface area contributed by atoms with E-state index in [2.05, 4.69) is 17.0 Å². The molecule has 0 saturated heterocycles. The summed E-state index contributed by atoms with van der Waals surface area (Å²) in [5, 5.41) is 11.7. The lowest BCUT2D eigenvalue weighted by Crippen LogP contribution is -2.36. The van der Waals surface area contributed by atoms with Crippen molar-refractivity contribution in [3.05, 3.63) is 35.1 Å². The Bertz CT molecular complexity index is 498. The number of hydrogen-bond donors (Lipinski definition) is 2. The molecule has 1 aromatic rings. The van der Waals surface area contributed by atoms with Crippen LogP contribution in [0.4, 0.5) is 4.39 Å². The van der Waals surface area contributed by atoms with Crippen molar-refractivity contribution in [2.24, 2.45) is 10.9 Å². The predicted molar refractivity (Wildman–Crippen MR) is 81.9 cm³/mol. The lowest BCUT2D eigenvalue weighted by molar-refractivity contribution is 0.156. The molecule has 0 spiro atoms. The van der Waals surface area contributed by atoms with E-state index < -0.39 is 0 Å². The zero-order valence-corrected chi connectivity index (χ0v) is 12.6. The molecule has 0 bridgehead atoms. The van der Waals surface area contributed by atoms with Crippen molar-refractivity contribution in [1.82, 2.24) is 4.90 Å². The van der Waals surface area contributed by atoms with Gasteiger partial charge in [-0.1, -0.05) is 31.3 Å². The molecule has 1 aliphatic carbocycles. The summed E-state index contributed by atoms with van der Waals surface area (Å²) in [6.07, 6.45) is 6.31. The lowest BCUT2D eigenvalue weighted by Gasteiger charge is -2.33. The van der Waals surface area contributed by atoms with E-state index in [1.54, 1.807) is 6.07 Å². The van der Waals surface area contributed by atoms with Crippen LogP contribution in [0.5, 0.6) is 0 Å². The number of oxime groups is 1. The van der Waals surface area contributed by atoms with Crippen LogP contribution in [0.25, 0.3) is 0 Å². The van der Waals surface area contributed by atoms with Crippen LogP contribution in [0.15, 0.2) is 23.4 Å². The summed E-state index contributed by atoms with van der Waals surface area (Å²) >= 11 is 0. The average molecular weight is 293 g/mol. The van der Waals surface area contributed by atoms with Gasteiger partial charge in [0.25, 0.3) is 0 Å². The second-order valence-electron chi connectivity index (χ2n) is 5.69. The topological polar surface area (TPSA) is 61.8 Å². The molecule has 1 saturated carbocycles. The first kappa shape index (κ1) is 15.8. The second kappa shape index (κ2) is 7.41. The fourth-order valence-electron chi connectivity index (χ4n) is 3.13. The first-order valence-corrected chi connectivity index (χ1v) is 7.65. The van der Waals surface area contributed by atoms with Gasteiger partial charge in [0.2, 0.25) is 0 Å². The molecule has 116 valence electrons. The summed E-state index contributed by atoms with van der Waals surface area (Å²) in [6, 6.07) is 5.19. The maximum atomic E-state index is 13.7. The Labute approximate surface area is 125 Å². The zero-order valence-electron chi connectivity index (χ0n) is 12.6. The normalized spacial score (nSPS) is 17.4. The smallest absolute Gasteiger partial charge is 0.170 e. The van der Waals surface area contributed by atoms with Crippen molar-refractivity contribution in [1.29, 1.82) is 0 Å². The maximum absolute atomic E-state index is 13.7. The van der Waals surface area contributed by atoms with Crippen molar-refractivity contribution in [2.75, 3.05) is 6.54 Å². The van der Waals surface area contributed by atoms with E-state index >= 15 is 0 Å². The number of hydrogen-bond acceptors (Lipinski definition) is 3. The third kappa shape index (κ3) is 4.17. The molecule has 1 aliphatic rings. The number of benzene rings is 1. The molecule has 21 heavy (non-hydrogen) atoms. The van der Waals surface area contributed by atoms with E-state index in [-0.39, 0.29) is 11.7 Å². The molecule has 1 aromatic carbocycles. The summed E-state index contributed by atoms with van der Waals surface area (Å²) < 4.78 is 13.7. The van der Waals surface area contributed by atoms with Gasteiger partial charge in [0, 0.05) is 18.2 Å². The van der Waals surface area contributed by atoms with Crippen molar-refractivity contribution in [3.63, 3.8) is 0 Å². The molecule has 3 N–H and O–H groups in total. The number of nitrogens with zero attached hydrogens (tertiary/aromatic N) is 2. The van der Waals surface area contributed by atoms with Gasteiger partial charge in [-0.3, -0.25) is 4.90 Å². The van der Waals surface area contributed by atoms with E-state index in [0.717, 1.165) is 12.1 Å². The van der Waals surface area contributed by atoms with E-state index in [1.807, 2.05) is 0 Å². The molecular formula is C16H24FN3O. The van der Waals surface area contributed by atoms with Gasteiger partial charge in [-0.15, -0.1) is 0 Å². The Hall–Kier alpha value is -1.62. The lowest BCUT2D eigenvalue weighted by atomic mass is 9.94. The third-order valence-electron chi connectivity index (χ3n) is 4.24. The molecule has 0 unspecified atom stereocenters. The van der Waals surface area contributed by atoms with Crippen LogP contribution >= 0.6 is 0 Å². The van der Waals surface area contributed by atoms with Crippen LogP contribution in [0, 0.1) is 5.82 Å². The summed E-state index contributed by atoms with van der Waals surface area (Å²) in [5.74, 6) is -0.412. The first-order valence-electron chi connectivity index (χ1n) is 7.65. The van der Waals surface area contributed by atoms with E-state index in [4.69, 9.17) is 10.9 Å². The third-order valence-corrected chi connectivity index (χ3v) is 4.24. The van der Waals surface area contributed by atoms with Gasteiger partial charge >= 0.3 is 0 Å². The van der Waals surface area contributed by atoms with Crippen molar-refractivity contribution in [3.8, 4) is 0 Å². The Kier molecular flexibility index (Phi) is 5.56. The molecule has 0 radical (unpaired) electrons. The van der Waals surface area contributed by atoms with Crippen LogP contribution in [0.2, 0.25) is 0 Å². The first-order chi connectivity index (χ1) is 10.1. The monoisotopic (exact) mass is 293 g/mol. The fourth-order valence-corrected chi connectivity index (χ4v) is 3.13. The van der Waals surface area contributed by atoms with Crippen LogP contribution < -0.4 is 5.73 Å². The highest BCUT2D eigenvalue weighted by molar-refractivity contribution is 5.97. The molecule has 1 fully saturated rings. The van der Waals surface area contributed by atoms with Gasteiger partial charge in [0.1, 0.15) is 5.82 Å². The molecule has 0 heterocycles. The standard InChI is InChI=1S/C16H24FN3O/c1-2-20(15-6-4-3-5-7-15)11-12-8-13(16(18)19-21)10-14(17)9-12/h8-10,15,21H,2-7,11H2,1H3,(H2,18,19). The molecular weight excluding hydrogens is 269 g/mol. The SMILES string of the molecule is CCN(Cc1cc(F)cc(/C(N)=N/O)c1)C1CCCCC1. The molecule has 5 heteroatoms. The van der Waals surface area contributed by atoms with Crippen LogP contribution in [-0.4, -0.2) is 28.5 Å². The van der Waals surface area contributed by atoms with Gasteiger partial charge in [0.15, 0.2) is 5.84 Å². The number of nitrogens with two attached hydrogens (primary N) is 1.